The van der Waals surface area contributed by atoms with E-state index in [9.17, 15) is 9.59 Å². The molecule has 2 rings (SSSR count). The molecule has 0 saturated heterocycles. The number of aromatic nitrogens is 1. The van der Waals surface area contributed by atoms with Crippen LogP contribution >= 0.6 is 0 Å². The van der Waals surface area contributed by atoms with Crippen LogP contribution < -0.4 is 17.0 Å². The summed E-state index contributed by atoms with van der Waals surface area (Å²) in [7, 11) is 0. The molecule has 1 amide bonds. The largest absolute Gasteiger partial charge is 0.417 e. The lowest BCUT2D eigenvalue weighted by atomic mass is 10.2. The van der Waals surface area contributed by atoms with E-state index in [1.54, 1.807) is 18.2 Å². The van der Waals surface area contributed by atoms with Crippen molar-refractivity contribution >= 4 is 17.0 Å². The van der Waals surface area contributed by atoms with E-state index in [2.05, 4.69) is 4.98 Å². The summed E-state index contributed by atoms with van der Waals surface area (Å²) in [5.74, 6) is 4.00. The van der Waals surface area contributed by atoms with Crippen molar-refractivity contribution in [3.63, 3.8) is 0 Å². The fraction of sp³-hybridized carbons (Fsp3) is 0.200. The minimum Gasteiger partial charge on any atom is -0.408 e. The van der Waals surface area contributed by atoms with Gasteiger partial charge in [0.05, 0.1) is 12.1 Å². The first-order valence-corrected chi connectivity index (χ1v) is 4.88. The molecule has 0 aliphatic heterocycles. The van der Waals surface area contributed by atoms with Crippen LogP contribution in [0.1, 0.15) is 5.56 Å². The maximum Gasteiger partial charge on any atom is 0.417 e. The molecule has 0 saturated carbocycles. The average molecular weight is 237 g/mol. The normalized spacial score (nSPS) is 10.6. The van der Waals surface area contributed by atoms with Crippen LogP contribution in [-0.2, 0) is 16.1 Å². The Kier molecular flexibility index (Phi) is 3.22. The zero-order chi connectivity index (χ0) is 12.3. The van der Waals surface area contributed by atoms with Gasteiger partial charge in [0.1, 0.15) is 6.61 Å². The molecule has 1 aromatic heterocycles. The molecule has 1 aromatic carbocycles. The Morgan fingerprint density at radius 3 is 3.12 bits per heavy atom. The third-order valence-corrected chi connectivity index (χ3v) is 2.15. The van der Waals surface area contributed by atoms with Gasteiger partial charge in [0.2, 0.25) is 0 Å². The summed E-state index contributed by atoms with van der Waals surface area (Å²) in [6.07, 6.45) is 0. The van der Waals surface area contributed by atoms with Crippen LogP contribution in [-0.4, -0.2) is 17.5 Å². The highest BCUT2D eigenvalue weighted by Crippen LogP contribution is 2.12. The minimum absolute atomic E-state index is 0.115. The highest BCUT2D eigenvalue weighted by atomic mass is 16.5. The predicted molar refractivity (Wildman–Crippen MR) is 58.8 cm³/mol. The monoisotopic (exact) mass is 237 g/mol. The molecule has 0 spiro atoms. The lowest BCUT2D eigenvalue weighted by Gasteiger charge is -2.03. The number of nitrogens with one attached hydrogen (secondary N) is 2. The van der Waals surface area contributed by atoms with Crippen molar-refractivity contribution < 1.29 is 13.9 Å². The first-order chi connectivity index (χ1) is 8.19. The number of amides is 1. The van der Waals surface area contributed by atoms with Crippen LogP contribution in [0.5, 0.6) is 0 Å². The molecular formula is C10H11N3O4. The molecule has 7 heteroatoms. The fourth-order valence-corrected chi connectivity index (χ4v) is 1.39. The number of ether oxygens (including phenoxy) is 1. The van der Waals surface area contributed by atoms with Crippen LogP contribution in [0.25, 0.3) is 11.1 Å². The Morgan fingerprint density at radius 1 is 1.53 bits per heavy atom. The number of carbonyl (C=O) groups excluding carboxylic acids is 1. The topological polar surface area (TPSA) is 110 Å². The van der Waals surface area contributed by atoms with Gasteiger partial charge in [-0.3, -0.25) is 15.2 Å². The smallest absolute Gasteiger partial charge is 0.408 e. The van der Waals surface area contributed by atoms with Crippen molar-refractivity contribution in [2.24, 2.45) is 5.84 Å². The Balaban J connectivity index is 2.04. The molecule has 0 fully saturated rings. The van der Waals surface area contributed by atoms with Gasteiger partial charge in [0.25, 0.3) is 5.91 Å². The first-order valence-electron chi connectivity index (χ1n) is 4.88. The van der Waals surface area contributed by atoms with E-state index in [1.807, 2.05) is 5.43 Å². The van der Waals surface area contributed by atoms with Crippen molar-refractivity contribution in [2.45, 2.75) is 6.61 Å². The fourth-order valence-electron chi connectivity index (χ4n) is 1.39. The van der Waals surface area contributed by atoms with E-state index in [0.717, 1.165) is 5.56 Å². The van der Waals surface area contributed by atoms with E-state index in [1.165, 1.54) is 0 Å². The number of benzene rings is 1. The average Bonchev–Trinajstić information content (AvgIpc) is 2.68. The van der Waals surface area contributed by atoms with Crippen LogP contribution in [0.4, 0.5) is 0 Å². The summed E-state index contributed by atoms with van der Waals surface area (Å²) in [6.45, 7) is 0.132. The van der Waals surface area contributed by atoms with Gasteiger partial charge in [-0.2, -0.15) is 0 Å². The zero-order valence-electron chi connectivity index (χ0n) is 8.86. The number of aromatic amines is 1. The van der Waals surface area contributed by atoms with Gasteiger partial charge in [-0.1, -0.05) is 6.07 Å². The van der Waals surface area contributed by atoms with Gasteiger partial charge in [-0.05, 0) is 17.7 Å². The number of hydrogen-bond acceptors (Lipinski definition) is 5. The SMILES string of the molecule is NNC(=O)COCc1ccc2oc(=O)[nH]c2c1. The van der Waals surface area contributed by atoms with Gasteiger partial charge >= 0.3 is 5.76 Å². The molecule has 4 N–H and O–H groups in total. The number of carbonyl (C=O) groups is 1. The number of nitrogens with two attached hydrogens (primary N) is 1. The Hall–Kier alpha value is -2.12. The molecule has 0 aliphatic rings. The van der Waals surface area contributed by atoms with Gasteiger partial charge in [0.15, 0.2) is 5.58 Å². The van der Waals surface area contributed by atoms with Crippen LogP contribution in [0.3, 0.4) is 0 Å². The summed E-state index contributed by atoms with van der Waals surface area (Å²) in [5.41, 5.74) is 3.86. The highest BCUT2D eigenvalue weighted by Gasteiger charge is 2.03. The molecule has 0 atom stereocenters. The van der Waals surface area contributed by atoms with E-state index in [0.29, 0.717) is 11.1 Å². The van der Waals surface area contributed by atoms with Crippen molar-refractivity contribution in [1.29, 1.82) is 0 Å². The second-order valence-corrected chi connectivity index (χ2v) is 3.41. The lowest BCUT2D eigenvalue weighted by molar-refractivity contribution is -0.126. The molecule has 2 aromatic rings. The molecule has 0 bridgehead atoms. The molecular weight excluding hydrogens is 226 g/mol. The number of fused-ring (bicyclic) bond motifs is 1. The van der Waals surface area contributed by atoms with E-state index in [-0.39, 0.29) is 13.2 Å². The molecule has 90 valence electrons. The van der Waals surface area contributed by atoms with E-state index < -0.39 is 11.7 Å². The first kappa shape index (κ1) is 11.4. The maximum atomic E-state index is 10.9. The molecule has 0 aliphatic carbocycles. The summed E-state index contributed by atoms with van der Waals surface area (Å²) in [6, 6.07) is 5.13. The molecule has 0 unspecified atom stereocenters. The van der Waals surface area contributed by atoms with Gasteiger partial charge in [0, 0.05) is 0 Å². The third-order valence-electron chi connectivity index (χ3n) is 2.15. The molecule has 17 heavy (non-hydrogen) atoms. The predicted octanol–water partition coefficient (Wildman–Crippen LogP) is -0.372. The molecule has 1 heterocycles. The van der Waals surface area contributed by atoms with Gasteiger partial charge < -0.3 is 9.15 Å². The van der Waals surface area contributed by atoms with Gasteiger partial charge in [-0.25, -0.2) is 10.6 Å². The molecule has 0 radical (unpaired) electrons. The van der Waals surface area contributed by atoms with Crippen molar-refractivity contribution in [1.82, 2.24) is 10.4 Å². The number of hydrogen-bond donors (Lipinski definition) is 3. The summed E-state index contributed by atoms with van der Waals surface area (Å²) in [5, 5.41) is 0. The summed E-state index contributed by atoms with van der Waals surface area (Å²) >= 11 is 0. The third kappa shape index (κ3) is 2.71. The second-order valence-electron chi connectivity index (χ2n) is 3.41. The van der Waals surface area contributed by atoms with Crippen LogP contribution in [0, 0.1) is 0 Å². The van der Waals surface area contributed by atoms with E-state index >= 15 is 0 Å². The number of hydrazine groups is 1. The highest BCUT2D eigenvalue weighted by molar-refractivity contribution is 5.76. The quantitative estimate of drug-likeness (QED) is 0.381. The second kappa shape index (κ2) is 4.81. The maximum absolute atomic E-state index is 10.9. The van der Waals surface area contributed by atoms with Crippen LogP contribution in [0.15, 0.2) is 27.4 Å². The standard InChI is InChI=1S/C10H11N3O4/c11-13-9(14)5-16-4-6-1-2-8-7(3-6)12-10(15)17-8/h1-3H,4-5,11H2,(H,12,15)(H,13,14). The number of oxazole rings is 1. The van der Waals surface area contributed by atoms with Crippen molar-refractivity contribution in [3.8, 4) is 0 Å². The van der Waals surface area contributed by atoms with E-state index in [4.69, 9.17) is 15.0 Å². The summed E-state index contributed by atoms with van der Waals surface area (Å²) < 4.78 is 9.96. The lowest BCUT2D eigenvalue weighted by Crippen LogP contribution is -2.33. The summed E-state index contributed by atoms with van der Waals surface area (Å²) in [4.78, 5) is 24.2. The number of H-pyrrole nitrogens is 1. The van der Waals surface area contributed by atoms with Crippen molar-refractivity contribution in [2.75, 3.05) is 6.61 Å². The Labute approximate surface area is 95.5 Å². The van der Waals surface area contributed by atoms with Crippen LogP contribution in [0.2, 0.25) is 0 Å². The van der Waals surface area contributed by atoms with Crippen molar-refractivity contribution in [3.05, 3.63) is 34.3 Å². The van der Waals surface area contributed by atoms with Gasteiger partial charge in [-0.15, -0.1) is 0 Å². The Bertz CT molecular complexity index is 586. The number of rotatable bonds is 4. The zero-order valence-corrected chi connectivity index (χ0v) is 8.86. The Morgan fingerprint density at radius 2 is 2.35 bits per heavy atom. The minimum atomic E-state index is -0.499. The molecule has 7 nitrogen and oxygen atoms in total.